The summed E-state index contributed by atoms with van der Waals surface area (Å²) in [5.41, 5.74) is 6.70. The SMILES string of the molecule is CCCCCC(=O)Oc1ccc(C[C@H](N)C(=O)O[C@@H](C)[C@H](C)OC(=O)OCC(C)CC)cc1OC(=O)CCCCC. The highest BCUT2D eigenvalue weighted by molar-refractivity contribution is 5.77. The second-order valence-electron chi connectivity index (χ2n) is 10.5. The third kappa shape index (κ3) is 14.9. The van der Waals surface area contributed by atoms with Crippen molar-refractivity contribution in [2.24, 2.45) is 11.7 Å². The highest BCUT2D eigenvalue weighted by Crippen LogP contribution is 2.30. The van der Waals surface area contributed by atoms with Crippen LogP contribution in [0.3, 0.4) is 0 Å². The van der Waals surface area contributed by atoms with E-state index in [9.17, 15) is 19.2 Å². The van der Waals surface area contributed by atoms with Crippen molar-refractivity contribution in [3.8, 4) is 11.5 Å². The highest BCUT2D eigenvalue weighted by atomic mass is 16.7. The van der Waals surface area contributed by atoms with Crippen molar-refractivity contribution in [1.82, 2.24) is 0 Å². The van der Waals surface area contributed by atoms with E-state index in [2.05, 4.69) is 0 Å². The van der Waals surface area contributed by atoms with Gasteiger partial charge in [-0.25, -0.2) is 4.79 Å². The predicted molar refractivity (Wildman–Crippen MR) is 155 cm³/mol. The standard InChI is InChI=1S/C31H49NO9/c1-7-10-12-14-28(33)40-26-17-16-24(19-27(26)41-29(34)15-13-11-8-2)18-25(32)30(35)38-22(5)23(6)39-31(36)37-20-21(4)9-3/h16-17,19,21-23,25H,7-15,18,20,32H2,1-6H3/t21?,22-,23-,25-/m0/s1. The number of rotatable bonds is 19. The van der Waals surface area contributed by atoms with Crippen molar-refractivity contribution < 1.29 is 42.9 Å². The number of nitrogens with two attached hydrogens (primary N) is 1. The summed E-state index contributed by atoms with van der Waals surface area (Å²) in [6.07, 6.45) is 4.22. The van der Waals surface area contributed by atoms with Crippen LogP contribution in [0.25, 0.3) is 0 Å². The molecule has 0 aliphatic carbocycles. The quantitative estimate of drug-likeness (QED) is 0.117. The third-order valence-corrected chi connectivity index (χ3v) is 6.61. The zero-order valence-electron chi connectivity index (χ0n) is 25.6. The zero-order valence-corrected chi connectivity index (χ0v) is 25.6. The van der Waals surface area contributed by atoms with Gasteiger partial charge in [0.1, 0.15) is 18.2 Å². The average Bonchev–Trinajstić information content (AvgIpc) is 2.93. The summed E-state index contributed by atoms with van der Waals surface area (Å²) in [5, 5.41) is 0. The van der Waals surface area contributed by atoms with E-state index in [-0.39, 0.29) is 43.3 Å². The number of carbonyl (C=O) groups excluding carboxylic acids is 4. The zero-order chi connectivity index (χ0) is 30.8. The van der Waals surface area contributed by atoms with Gasteiger partial charge in [-0.2, -0.15) is 0 Å². The van der Waals surface area contributed by atoms with Crippen LogP contribution < -0.4 is 15.2 Å². The predicted octanol–water partition coefficient (Wildman–Crippen LogP) is 6.05. The summed E-state index contributed by atoms with van der Waals surface area (Å²) >= 11 is 0. The van der Waals surface area contributed by atoms with Crippen LogP contribution in [0.1, 0.15) is 105 Å². The summed E-state index contributed by atoms with van der Waals surface area (Å²) < 4.78 is 26.7. The molecule has 2 N–H and O–H groups in total. The van der Waals surface area contributed by atoms with Crippen molar-refractivity contribution in [3.05, 3.63) is 23.8 Å². The van der Waals surface area contributed by atoms with E-state index in [1.165, 1.54) is 6.07 Å². The topological polar surface area (TPSA) is 140 Å². The minimum absolute atomic E-state index is 0.0723. The van der Waals surface area contributed by atoms with E-state index in [1.54, 1.807) is 26.0 Å². The largest absolute Gasteiger partial charge is 0.508 e. The number of benzene rings is 1. The Kier molecular flexibility index (Phi) is 17.4. The molecular weight excluding hydrogens is 530 g/mol. The van der Waals surface area contributed by atoms with Gasteiger partial charge < -0.3 is 29.4 Å². The van der Waals surface area contributed by atoms with Crippen molar-refractivity contribution in [2.45, 2.75) is 124 Å². The number of esters is 3. The van der Waals surface area contributed by atoms with Gasteiger partial charge >= 0.3 is 24.1 Å². The minimum Gasteiger partial charge on any atom is -0.458 e. The van der Waals surface area contributed by atoms with Crippen molar-refractivity contribution in [1.29, 1.82) is 0 Å². The molecule has 0 saturated heterocycles. The smallest absolute Gasteiger partial charge is 0.458 e. The lowest BCUT2D eigenvalue weighted by Gasteiger charge is -2.22. The molecule has 0 radical (unpaired) electrons. The minimum atomic E-state index is -1.04. The van der Waals surface area contributed by atoms with Gasteiger partial charge in [-0.05, 0) is 56.7 Å². The molecule has 232 valence electrons. The molecular formula is C31H49NO9. The van der Waals surface area contributed by atoms with Crippen LogP contribution in [0.5, 0.6) is 11.5 Å². The fourth-order valence-electron chi connectivity index (χ4n) is 3.54. The second kappa shape index (κ2) is 19.9. The average molecular weight is 580 g/mol. The normalized spacial score (nSPS) is 13.8. The van der Waals surface area contributed by atoms with Gasteiger partial charge in [0.25, 0.3) is 0 Å². The molecule has 0 fully saturated rings. The summed E-state index contributed by atoms with van der Waals surface area (Å²) in [6, 6.07) is 3.68. The number of ether oxygens (including phenoxy) is 5. The second-order valence-corrected chi connectivity index (χ2v) is 10.5. The van der Waals surface area contributed by atoms with Gasteiger partial charge in [-0.3, -0.25) is 14.4 Å². The van der Waals surface area contributed by atoms with Crippen molar-refractivity contribution in [3.63, 3.8) is 0 Å². The molecule has 0 aliphatic rings. The van der Waals surface area contributed by atoms with Crippen LogP contribution in [-0.4, -0.2) is 48.9 Å². The number of carbonyl (C=O) groups is 4. The van der Waals surface area contributed by atoms with Gasteiger partial charge in [-0.1, -0.05) is 65.9 Å². The Bertz CT molecular complexity index is 965. The first-order chi connectivity index (χ1) is 19.5. The molecule has 4 atom stereocenters. The van der Waals surface area contributed by atoms with Crippen LogP contribution >= 0.6 is 0 Å². The van der Waals surface area contributed by atoms with E-state index < -0.39 is 42.3 Å². The molecule has 0 bridgehead atoms. The lowest BCUT2D eigenvalue weighted by Crippen LogP contribution is -2.39. The van der Waals surface area contributed by atoms with E-state index in [4.69, 9.17) is 29.4 Å². The van der Waals surface area contributed by atoms with Gasteiger partial charge in [-0.15, -0.1) is 0 Å². The molecule has 0 spiro atoms. The van der Waals surface area contributed by atoms with Crippen molar-refractivity contribution in [2.75, 3.05) is 6.61 Å². The summed E-state index contributed by atoms with van der Waals surface area (Å²) in [5.74, 6) is -1.10. The first-order valence-electron chi connectivity index (χ1n) is 14.8. The molecule has 0 aliphatic heterocycles. The fourth-order valence-corrected chi connectivity index (χ4v) is 3.54. The first-order valence-corrected chi connectivity index (χ1v) is 14.8. The van der Waals surface area contributed by atoms with Crippen LogP contribution in [0.15, 0.2) is 18.2 Å². The summed E-state index contributed by atoms with van der Waals surface area (Å²) in [7, 11) is 0. The molecule has 1 aromatic rings. The molecule has 1 unspecified atom stereocenters. The molecule has 41 heavy (non-hydrogen) atoms. The third-order valence-electron chi connectivity index (χ3n) is 6.61. The lowest BCUT2D eigenvalue weighted by atomic mass is 10.1. The van der Waals surface area contributed by atoms with Crippen molar-refractivity contribution >= 4 is 24.1 Å². The highest BCUT2D eigenvalue weighted by Gasteiger charge is 2.25. The summed E-state index contributed by atoms with van der Waals surface area (Å²) in [6.45, 7) is 11.5. The molecule has 1 aromatic carbocycles. The van der Waals surface area contributed by atoms with E-state index in [0.717, 1.165) is 32.1 Å². The summed E-state index contributed by atoms with van der Waals surface area (Å²) in [4.78, 5) is 49.3. The molecule has 0 aromatic heterocycles. The van der Waals surface area contributed by atoms with E-state index in [1.807, 2.05) is 27.7 Å². The van der Waals surface area contributed by atoms with E-state index >= 15 is 0 Å². The van der Waals surface area contributed by atoms with Crippen LogP contribution in [-0.2, 0) is 35.0 Å². The van der Waals surface area contributed by atoms with Crippen LogP contribution in [0, 0.1) is 5.92 Å². The van der Waals surface area contributed by atoms with E-state index in [0.29, 0.717) is 18.4 Å². The maximum atomic E-state index is 12.7. The maximum absolute atomic E-state index is 12.7. The Labute approximate surface area is 244 Å². The first kappa shape index (κ1) is 35.9. The Balaban J connectivity index is 2.83. The molecule has 10 nitrogen and oxygen atoms in total. The van der Waals surface area contributed by atoms with Gasteiger partial charge in [0, 0.05) is 12.8 Å². The van der Waals surface area contributed by atoms with Gasteiger partial charge in [0.05, 0.1) is 6.61 Å². The van der Waals surface area contributed by atoms with Crippen LogP contribution in [0.2, 0.25) is 0 Å². The number of hydrogen-bond donors (Lipinski definition) is 1. The maximum Gasteiger partial charge on any atom is 0.508 e. The lowest BCUT2D eigenvalue weighted by molar-refractivity contribution is -0.155. The monoisotopic (exact) mass is 579 g/mol. The molecule has 0 heterocycles. The molecule has 1 rings (SSSR count). The van der Waals surface area contributed by atoms with Crippen LogP contribution in [0.4, 0.5) is 4.79 Å². The molecule has 0 amide bonds. The Hall–Kier alpha value is -3.14. The van der Waals surface area contributed by atoms with Gasteiger partial charge in [0.15, 0.2) is 11.5 Å². The number of hydrogen-bond acceptors (Lipinski definition) is 10. The Morgan fingerprint density at radius 3 is 1.90 bits per heavy atom. The number of unbranched alkanes of at least 4 members (excludes halogenated alkanes) is 4. The van der Waals surface area contributed by atoms with Gasteiger partial charge in [0.2, 0.25) is 0 Å². The molecule has 10 heteroatoms. The fraction of sp³-hybridized carbons (Fsp3) is 0.677. The Morgan fingerprint density at radius 2 is 1.34 bits per heavy atom. The Morgan fingerprint density at radius 1 is 0.780 bits per heavy atom. The molecule has 0 saturated carbocycles.